The number of para-hydroxylation sites is 2. The van der Waals surface area contributed by atoms with Gasteiger partial charge in [0.15, 0.2) is 0 Å². The van der Waals surface area contributed by atoms with Gasteiger partial charge in [0, 0.05) is 25.6 Å². The largest absolute Gasteiger partial charge is 0.497 e. The molecule has 0 fully saturated rings. The van der Waals surface area contributed by atoms with E-state index in [1.165, 1.54) is 11.4 Å². The van der Waals surface area contributed by atoms with Crippen LogP contribution < -0.4 is 19.1 Å². The molecule has 210 valence electrons. The summed E-state index contributed by atoms with van der Waals surface area (Å²) in [5.41, 5.74) is 1.25. The van der Waals surface area contributed by atoms with Gasteiger partial charge in [0.1, 0.15) is 17.5 Å². The number of carbonyl (C=O) groups excluding carboxylic acids is 2. The molecule has 0 spiro atoms. The molecule has 1 N–H and O–H groups in total. The third-order valence-electron chi connectivity index (χ3n) is 6.38. The highest BCUT2D eigenvalue weighted by atomic mass is 32.2. The van der Waals surface area contributed by atoms with Crippen LogP contribution in [0.3, 0.4) is 0 Å². The zero-order valence-electron chi connectivity index (χ0n) is 23.3. The second kappa shape index (κ2) is 14.6. The van der Waals surface area contributed by atoms with Crippen molar-refractivity contribution in [3.05, 3.63) is 54.1 Å². The SMILES string of the molecule is CC[C@H](C(=O)N[C@@H](C)CC)N(Cc1cccc(OC)c1)C(=O)CCCN(c1ccccc1OC)S(C)(=O)=O. The summed E-state index contributed by atoms with van der Waals surface area (Å²) in [6.45, 7) is 6.11. The van der Waals surface area contributed by atoms with E-state index in [0.29, 0.717) is 23.6 Å². The Kier molecular flexibility index (Phi) is 11.9. The minimum Gasteiger partial charge on any atom is -0.497 e. The number of hydrogen-bond acceptors (Lipinski definition) is 6. The molecular formula is C28H41N3O6S. The first-order valence-corrected chi connectivity index (χ1v) is 14.7. The van der Waals surface area contributed by atoms with Crippen LogP contribution in [0.1, 0.15) is 52.0 Å². The Labute approximate surface area is 227 Å². The van der Waals surface area contributed by atoms with E-state index < -0.39 is 16.1 Å². The van der Waals surface area contributed by atoms with E-state index in [2.05, 4.69) is 5.32 Å². The molecule has 0 bridgehead atoms. The average Bonchev–Trinajstić information content (AvgIpc) is 2.90. The number of benzene rings is 2. The van der Waals surface area contributed by atoms with E-state index in [1.54, 1.807) is 36.3 Å². The van der Waals surface area contributed by atoms with Crippen molar-refractivity contribution in [1.29, 1.82) is 0 Å². The highest BCUT2D eigenvalue weighted by Gasteiger charge is 2.29. The molecule has 2 aromatic carbocycles. The molecule has 0 saturated carbocycles. The Bertz CT molecular complexity index is 1170. The quantitative estimate of drug-likeness (QED) is 0.362. The Balaban J connectivity index is 2.27. The van der Waals surface area contributed by atoms with E-state index in [0.717, 1.165) is 18.2 Å². The van der Waals surface area contributed by atoms with Crippen LogP contribution >= 0.6 is 0 Å². The molecule has 2 atom stereocenters. The number of anilines is 1. The molecule has 2 aromatic rings. The fraction of sp³-hybridized carbons (Fsp3) is 0.500. The van der Waals surface area contributed by atoms with Crippen molar-refractivity contribution in [3.63, 3.8) is 0 Å². The maximum absolute atomic E-state index is 13.6. The van der Waals surface area contributed by atoms with Gasteiger partial charge in [-0.2, -0.15) is 0 Å². The minimum atomic E-state index is -3.63. The summed E-state index contributed by atoms with van der Waals surface area (Å²) in [5.74, 6) is 0.654. The Morgan fingerprint density at radius 2 is 1.71 bits per heavy atom. The smallest absolute Gasteiger partial charge is 0.243 e. The highest BCUT2D eigenvalue weighted by molar-refractivity contribution is 7.92. The molecule has 0 aromatic heterocycles. The van der Waals surface area contributed by atoms with E-state index >= 15 is 0 Å². The number of carbonyl (C=O) groups is 2. The topological polar surface area (TPSA) is 105 Å². The van der Waals surface area contributed by atoms with Crippen molar-refractivity contribution in [1.82, 2.24) is 10.2 Å². The number of nitrogens with zero attached hydrogens (tertiary/aromatic N) is 2. The summed E-state index contributed by atoms with van der Waals surface area (Å²) in [7, 11) is -0.570. The summed E-state index contributed by atoms with van der Waals surface area (Å²) in [6, 6.07) is 13.6. The first kappa shape index (κ1) is 31.0. The van der Waals surface area contributed by atoms with Crippen molar-refractivity contribution in [3.8, 4) is 11.5 Å². The Morgan fingerprint density at radius 1 is 1.00 bits per heavy atom. The lowest BCUT2D eigenvalue weighted by Gasteiger charge is -2.32. The molecule has 2 rings (SSSR count). The summed E-state index contributed by atoms with van der Waals surface area (Å²) < 4.78 is 37.1. The van der Waals surface area contributed by atoms with Crippen LogP contribution in [0.5, 0.6) is 11.5 Å². The van der Waals surface area contributed by atoms with E-state index in [9.17, 15) is 18.0 Å². The van der Waals surface area contributed by atoms with Gasteiger partial charge in [-0.3, -0.25) is 13.9 Å². The van der Waals surface area contributed by atoms with E-state index in [4.69, 9.17) is 9.47 Å². The lowest BCUT2D eigenvalue weighted by Crippen LogP contribution is -2.50. The van der Waals surface area contributed by atoms with Crippen LogP contribution in [0.4, 0.5) is 5.69 Å². The lowest BCUT2D eigenvalue weighted by atomic mass is 10.1. The molecule has 0 aliphatic carbocycles. The maximum Gasteiger partial charge on any atom is 0.243 e. The molecular weight excluding hydrogens is 506 g/mol. The predicted molar refractivity (Wildman–Crippen MR) is 150 cm³/mol. The van der Waals surface area contributed by atoms with Crippen LogP contribution in [-0.2, 0) is 26.2 Å². The summed E-state index contributed by atoms with van der Waals surface area (Å²) >= 11 is 0. The standard InChI is InChI=1S/C28H41N3O6S/c1-7-21(3)29-28(33)24(8-2)30(20-22-13-11-14-23(19-22)36-4)27(32)17-12-18-31(38(6,34)35)25-15-9-10-16-26(25)37-5/h9-11,13-16,19,21,24H,7-8,12,17-18,20H2,1-6H3,(H,29,33)/t21-,24+/m0/s1. The highest BCUT2D eigenvalue weighted by Crippen LogP contribution is 2.30. The van der Waals surface area contributed by atoms with Gasteiger partial charge >= 0.3 is 0 Å². The van der Waals surface area contributed by atoms with Gasteiger partial charge in [0.2, 0.25) is 21.8 Å². The molecule has 0 heterocycles. The number of hydrogen-bond donors (Lipinski definition) is 1. The lowest BCUT2D eigenvalue weighted by molar-refractivity contribution is -0.141. The Hall–Kier alpha value is -3.27. The van der Waals surface area contributed by atoms with Crippen LogP contribution in [0.2, 0.25) is 0 Å². The third-order valence-corrected chi connectivity index (χ3v) is 7.56. The molecule has 0 aliphatic heterocycles. The van der Waals surface area contributed by atoms with Gasteiger partial charge < -0.3 is 19.7 Å². The van der Waals surface area contributed by atoms with Crippen LogP contribution in [0, 0.1) is 0 Å². The van der Waals surface area contributed by atoms with Gasteiger partial charge in [-0.05, 0) is 56.0 Å². The summed E-state index contributed by atoms with van der Waals surface area (Å²) in [4.78, 5) is 28.3. The van der Waals surface area contributed by atoms with Crippen molar-refractivity contribution in [2.45, 2.75) is 65.1 Å². The van der Waals surface area contributed by atoms with Crippen LogP contribution in [-0.4, -0.2) is 64.2 Å². The van der Waals surface area contributed by atoms with Gasteiger partial charge in [0.25, 0.3) is 0 Å². The van der Waals surface area contributed by atoms with Crippen LogP contribution in [0.15, 0.2) is 48.5 Å². The zero-order chi connectivity index (χ0) is 28.3. The fourth-order valence-corrected chi connectivity index (χ4v) is 5.12. The molecule has 0 unspecified atom stereocenters. The minimum absolute atomic E-state index is 0.0190. The van der Waals surface area contributed by atoms with Crippen LogP contribution in [0.25, 0.3) is 0 Å². The van der Waals surface area contributed by atoms with E-state index in [-0.39, 0.29) is 43.8 Å². The normalized spacial score (nSPS) is 12.8. The van der Waals surface area contributed by atoms with Crippen molar-refractivity contribution in [2.24, 2.45) is 0 Å². The molecule has 0 saturated heterocycles. The second-order valence-electron chi connectivity index (χ2n) is 9.23. The molecule has 0 aliphatic rings. The van der Waals surface area contributed by atoms with Crippen molar-refractivity contribution in [2.75, 3.05) is 31.3 Å². The molecule has 9 nitrogen and oxygen atoms in total. The van der Waals surface area contributed by atoms with Crippen molar-refractivity contribution < 1.29 is 27.5 Å². The number of ether oxygens (including phenoxy) is 2. The number of nitrogens with one attached hydrogen (secondary N) is 1. The predicted octanol–water partition coefficient (Wildman–Crippen LogP) is 3.97. The molecule has 2 amide bonds. The van der Waals surface area contributed by atoms with Gasteiger partial charge in [-0.1, -0.05) is 38.1 Å². The third kappa shape index (κ3) is 8.65. The molecule has 38 heavy (non-hydrogen) atoms. The first-order chi connectivity index (χ1) is 18.0. The average molecular weight is 548 g/mol. The van der Waals surface area contributed by atoms with E-state index in [1.807, 2.05) is 45.0 Å². The van der Waals surface area contributed by atoms with Gasteiger partial charge in [0.05, 0.1) is 26.2 Å². The molecule has 10 heteroatoms. The Morgan fingerprint density at radius 3 is 2.32 bits per heavy atom. The first-order valence-electron chi connectivity index (χ1n) is 12.9. The van der Waals surface area contributed by atoms with Gasteiger partial charge in [-0.25, -0.2) is 8.42 Å². The number of rotatable bonds is 15. The number of methoxy groups -OCH3 is 2. The zero-order valence-corrected chi connectivity index (χ0v) is 24.1. The molecule has 0 radical (unpaired) electrons. The number of sulfonamides is 1. The fourth-order valence-electron chi connectivity index (χ4n) is 4.15. The monoisotopic (exact) mass is 547 g/mol. The van der Waals surface area contributed by atoms with Crippen molar-refractivity contribution >= 4 is 27.5 Å². The maximum atomic E-state index is 13.6. The summed E-state index contributed by atoms with van der Waals surface area (Å²) in [6.07, 6.45) is 2.67. The number of amides is 2. The van der Waals surface area contributed by atoms with Gasteiger partial charge in [-0.15, -0.1) is 0 Å². The second-order valence-corrected chi connectivity index (χ2v) is 11.1. The summed E-state index contributed by atoms with van der Waals surface area (Å²) in [5, 5.41) is 2.99.